The lowest BCUT2D eigenvalue weighted by Gasteiger charge is -2.47. The van der Waals surface area contributed by atoms with Crippen molar-refractivity contribution in [3.8, 4) is 40.0 Å². The minimum atomic E-state index is -0.945. The SMILES string of the molecule is Oc1cc(-c2cc3c(nn2)OCCO3)ccc1-c1ncc(N(C2CC2)[C@H]2C[C@@H]3CCC[C@@H](N3)[C@H]2F)nn1. The van der Waals surface area contributed by atoms with Crippen LogP contribution in [0.3, 0.4) is 0 Å². The normalized spacial score (nSPS) is 26.5. The van der Waals surface area contributed by atoms with Crippen molar-refractivity contribution >= 4 is 5.82 Å². The number of alkyl halides is 1. The molecule has 1 aliphatic carbocycles. The molecule has 0 unspecified atom stereocenters. The molecular formula is C26H28FN7O3. The molecule has 5 heterocycles. The maximum absolute atomic E-state index is 15.5. The van der Waals surface area contributed by atoms with E-state index in [1.807, 2.05) is 6.07 Å². The third kappa shape index (κ3) is 4.20. The Balaban J connectivity index is 1.13. The number of ether oxygens (including phenoxy) is 2. The summed E-state index contributed by atoms with van der Waals surface area (Å²) in [6, 6.07) is 7.19. The highest BCUT2D eigenvalue weighted by Gasteiger charge is 2.46. The first kappa shape index (κ1) is 22.6. The van der Waals surface area contributed by atoms with E-state index in [2.05, 4.69) is 35.6 Å². The van der Waals surface area contributed by atoms with E-state index in [0.717, 1.165) is 38.5 Å². The van der Waals surface area contributed by atoms with E-state index in [-0.39, 0.29) is 23.9 Å². The molecule has 10 nitrogen and oxygen atoms in total. The lowest BCUT2D eigenvalue weighted by Crippen LogP contribution is -2.62. The summed E-state index contributed by atoms with van der Waals surface area (Å²) >= 11 is 0. The number of hydrogen-bond donors (Lipinski definition) is 2. The molecule has 2 bridgehead atoms. The number of fused-ring (bicyclic) bond motifs is 3. The van der Waals surface area contributed by atoms with Gasteiger partial charge in [0.25, 0.3) is 5.88 Å². The number of nitrogens with zero attached hydrogens (tertiary/aromatic N) is 6. The number of rotatable bonds is 5. The second-order valence-corrected chi connectivity index (χ2v) is 10.3. The van der Waals surface area contributed by atoms with Gasteiger partial charge in [0.15, 0.2) is 17.4 Å². The average molecular weight is 506 g/mol. The van der Waals surface area contributed by atoms with Crippen molar-refractivity contribution in [3.05, 3.63) is 30.5 Å². The molecule has 1 saturated carbocycles. The van der Waals surface area contributed by atoms with Gasteiger partial charge in [0, 0.05) is 29.8 Å². The number of aromatic nitrogens is 5. The molecule has 2 saturated heterocycles. The second kappa shape index (κ2) is 9.05. The maximum Gasteiger partial charge on any atom is 0.276 e. The number of piperidine rings is 2. The van der Waals surface area contributed by atoms with Gasteiger partial charge < -0.3 is 24.8 Å². The number of benzene rings is 1. The first-order chi connectivity index (χ1) is 18.1. The van der Waals surface area contributed by atoms with Gasteiger partial charge in [-0.05, 0) is 44.2 Å². The Kier molecular flexibility index (Phi) is 5.53. The average Bonchev–Trinajstić information content (AvgIpc) is 3.77. The third-order valence-corrected chi connectivity index (χ3v) is 7.75. The summed E-state index contributed by atoms with van der Waals surface area (Å²) in [6.45, 7) is 0.890. The number of aromatic hydroxyl groups is 1. The molecule has 7 rings (SSSR count). The van der Waals surface area contributed by atoms with E-state index >= 15 is 4.39 Å². The number of halogens is 1. The van der Waals surface area contributed by atoms with Crippen molar-refractivity contribution in [1.82, 2.24) is 30.7 Å². The number of phenolic OH excluding ortho intramolecular Hbond substituents is 1. The minimum Gasteiger partial charge on any atom is -0.507 e. The topological polar surface area (TPSA) is 118 Å². The first-order valence-electron chi connectivity index (χ1n) is 13.0. The van der Waals surface area contributed by atoms with Gasteiger partial charge in [-0.25, -0.2) is 9.37 Å². The number of anilines is 1. The van der Waals surface area contributed by atoms with Crippen LogP contribution in [0, 0.1) is 0 Å². The molecule has 2 N–H and O–H groups in total. The molecule has 0 spiro atoms. The summed E-state index contributed by atoms with van der Waals surface area (Å²) in [5, 5.41) is 31.3. The van der Waals surface area contributed by atoms with Gasteiger partial charge in [0.05, 0.1) is 23.5 Å². The van der Waals surface area contributed by atoms with Gasteiger partial charge in [-0.3, -0.25) is 0 Å². The summed E-state index contributed by atoms with van der Waals surface area (Å²) in [5.41, 5.74) is 1.67. The van der Waals surface area contributed by atoms with Crippen LogP contribution >= 0.6 is 0 Å². The molecule has 11 heteroatoms. The van der Waals surface area contributed by atoms with Crippen LogP contribution in [0.2, 0.25) is 0 Å². The van der Waals surface area contributed by atoms with Gasteiger partial charge in [-0.1, -0.05) is 12.5 Å². The van der Waals surface area contributed by atoms with Gasteiger partial charge in [0.2, 0.25) is 0 Å². The van der Waals surface area contributed by atoms with Crippen molar-refractivity contribution in [2.45, 2.75) is 68.9 Å². The summed E-state index contributed by atoms with van der Waals surface area (Å²) in [4.78, 5) is 6.63. The molecule has 3 aliphatic heterocycles. The standard InChI is InChI=1S/C26H28FN7O3/c27-24-18-3-1-2-15(29-18)11-20(24)34(16-5-6-16)23-13-28-25(32-31-23)17-7-4-14(10-21(17)35)19-12-22-26(33-30-19)37-9-8-36-22/h4,7,10,12-13,15-16,18,20,24,29,35H,1-3,5-6,8-9,11H2/t15-,18+,20-,24+/m0/s1. The predicted octanol–water partition coefficient (Wildman–Crippen LogP) is 3.06. The lowest BCUT2D eigenvalue weighted by molar-refractivity contribution is 0.104. The fourth-order valence-electron chi connectivity index (χ4n) is 5.82. The van der Waals surface area contributed by atoms with Crippen LogP contribution in [-0.2, 0) is 0 Å². The molecule has 37 heavy (non-hydrogen) atoms. The highest BCUT2D eigenvalue weighted by atomic mass is 19.1. The van der Waals surface area contributed by atoms with Crippen molar-refractivity contribution in [2.75, 3.05) is 18.1 Å². The van der Waals surface area contributed by atoms with Crippen LogP contribution in [0.15, 0.2) is 30.5 Å². The largest absolute Gasteiger partial charge is 0.507 e. The first-order valence-corrected chi connectivity index (χ1v) is 13.0. The molecule has 4 aliphatic rings. The second-order valence-electron chi connectivity index (χ2n) is 10.3. The monoisotopic (exact) mass is 505 g/mol. The lowest BCUT2D eigenvalue weighted by atomic mass is 9.82. The van der Waals surface area contributed by atoms with Crippen molar-refractivity contribution < 1.29 is 19.0 Å². The van der Waals surface area contributed by atoms with Crippen molar-refractivity contribution in [3.63, 3.8) is 0 Å². The molecule has 192 valence electrons. The van der Waals surface area contributed by atoms with Crippen LogP contribution < -0.4 is 19.7 Å². The molecule has 3 fully saturated rings. The van der Waals surface area contributed by atoms with E-state index in [1.165, 1.54) is 0 Å². The Morgan fingerprint density at radius 3 is 2.70 bits per heavy atom. The number of hydrogen-bond acceptors (Lipinski definition) is 10. The molecule has 2 aromatic heterocycles. The van der Waals surface area contributed by atoms with Crippen molar-refractivity contribution in [2.24, 2.45) is 0 Å². The Labute approximate surface area is 213 Å². The molecule has 3 aromatic rings. The Morgan fingerprint density at radius 1 is 1.00 bits per heavy atom. The Hall–Kier alpha value is -3.60. The Morgan fingerprint density at radius 2 is 1.89 bits per heavy atom. The fraction of sp³-hybridized carbons (Fsp3) is 0.500. The van der Waals surface area contributed by atoms with E-state index in [1.54, 1.807) is 24.4 Å². The maximum atomic E-state index is 15.5. The zero-order valence-electron chi connectivity index (χ0n) is 20.3. The van der Waals surface area contributed by atoms with Crippen LogP contribution in [0.1, 0.15) is 38.5 Å². The summed E-state index contributed by atoms with van der Waals surface area (Å²) in [7, 11) is 0. The molecule has 0 radical (unpaired) electrons. The minimum absolute atomic E-state index is 0.00205. The molecule has 1 aromatic carbocycles. The van der Waals surface area contributed by atoms with Gasteiger partial charge >= 0.3 is 0 Å². The number of phenols is 1. The highest BCUT2D eigenvalue weighted by Crippen LogP contribution is 2.40. The van der Waals surface area contributed by atoms with Crippen LogP contribution in [0.25, 0.3) is 22.6 Å². The smallest absolute Gasteiger partial charge is 0.276 e. The van der Waals surface area contributed by atoms with Crippen LogP contribution in [-0.4, -0.2) is 74.0 Å². The van der Waals surface area contributed by atoms with Crippen molar-refractivity contribution in [1.29, 1.82) is 0 Å². The third-order valence-electron chi connectivity index (χ3n) is 7.75. The fourth-order valence-corrected chi connectivity index (χ4v) is 5.82. The van der Waals surface area contributed by atoms with Crippen LogP contribution in [0.5, 0.6) is 17.4 Å². The summed E-state index contributed by atoms with van der Waals surface area (Å²) in [5.74, 6) is 1.79. The van der Waals surface area contributed by atoms with Gasteiger partial charge in [0.1, 0.15) is 25.1 Å². The molecule has 0 amide bonds. The molecule has 4 atom stereocenters. The van der Waals surface area contributed by atoms with Gasteiger partial charge in [-0.15, -0.1) is 20.4 Å². The van der Waals surface area contributed by atoms with E-state index in [4.69, 9.17) is 9.47 Å². The van der Waals surface area contributed by atoms with Crippen LogP contribution in [0.4, 0.5) is 10.2 Å². The quantitative estimate of drug-likeness (QED) is 0.536. The Bertz CT molecular complexity index is 1310. The zero-order valence-corrected chi connectivity index (χ0v) is 20.3. The zero-order chi connectivity index (χ0) is 24.9. The van der Waals surface area contributed by atoms with Gasteiger partial charge in [-0.2, -0.15) is 0 Å². The highest BCUT2D eigenvalue weighted by molar-refractivity contribution is 5.72. The van der Waals surface area contributed by atoms with E-state index in [9.17, 15) is 5.11 Å². The van der Waals surface area contributed by atoms with E-state index in [0.29, 0.717) is 59.3 Å². The number of nitrogens with one attached hydrogen (secondary N) is 1. The molecular weight excluding hydrogens is 477 g/mol. The summed E-state index contributed by atoms with van der Waals surface area (Å²) in [6.07, 6.45) is 6.59. The predicted molar refractivity (Wildman–Crippen MR) is 132 cm³/mol. The summed E-state index contributed by atoms with van der Waals surface area (Å²) < 4.78 is 26.5. The van der Waals surface area contributed by atoms with E-state index < -0.39 is 6.17 Å².